The van der Waals surface area contributed by atoms with Gasteiger partial charge in [0.2, 0.25) is 10.0 Å². The fourth-order valence-corrected chi connectivity index (χ4v) is 3.48. The van der Waals surface area contributed by atoms with E-state index in [1.165, 1.54) is 50.7 Å². The number of hydrogen-bond acceptors (Lipinski definition) is 6. The van der Waals surface area contributed by atoms with Gasteiger partial charge >= 0.3 is 0 Å². The van der Waals surface area contributed by atoms with Gasteiger partial charge in [-0.3, -0.25) is 10.1 Å². The summed E-state index contributed by atoms with van der Waals surface area (Å²) >= 11 is 0. The van der Waals surface area contributed by atoms with Crippen molar-refractivity contribution in [1.82, 2.24) is 5.32 Å². The normalized spacial score (nSPS) is 16.5. The first-order chi connectivity index (χ1) is 11.4. The van der Waals surface area contributed by atoms with Crippen LogP contribution < -0.4 is 15.8 Å². The van der Waals surface area contributed by atoms with Gasteiger partial charge in [0.05, 0.1) is 9.82 Å². The molecular weight excluding hydrogens is 332 g/mol. The van der Waals surface area contributed by atoms with Gasteiger partial charge in [0.15, 0.2) is 0 Å². The van der Waals surface area contributed by atoms with Gasteiger partial charge in [0, 0.05) is 25.2 Å². The van der Waals surface area contributed by atoms with Crippen LogP contribution in [0.25, 0.3) is 0 Å². The molecule has 1 fully saturated rings. The van der Waals surface area contributed by atoms with Crippen LogP contribution in [0, 0.1) is 10.1 Å². The van der Waals surface area contributed by atoms with E-state index < -0.39 is 14.9 Å². The molecule has 0 bridgehead atoms. The van der Waals surface area contributed by atoms with E-state index in [0.717, 1.165) is 6.07 Å². The van der Waals surface area contributed by atoms with Crippen molar-refractivity contribution in [3.63, 3.8) is 0 Å². The van der Waals surface area contributed by atoms with Crippen LogP contribution >= 0.6 is 0 Å². The highest BCUT2D eigenvalue weighted by Crippen LogP contribution is 2.27. The molecule has 1 saturated carbocycles. The molecule has 134 valence electrons. The molecule has 24 heavy (non-hydrogen) atoms. The molecule has 0 radical (unpaired) electrons. The molecule has 0 aliphatic heterocycles. The van der Waals surface area contributed by atoms with Crippen LogP contribution in [0.4, 0.5) is 11.4 Å². The Kier molecular flexibility index (Phi) is 6.52. The average molecular weight is 356 g/mol. The lowest BCUT2D eigenvalue weighted by molar-refractivity contribution is -0.384. The molecule has 8 nitrogen and oxygen atoms in total. The summed E-state index contributed by atoms with van der Waals surface area (Å²) in [7, 11) is -3.96. The van der Waals surface area contributed by atoms with Crippen molar-refractivity contribution < 1.29 is 13.3 Å². The second-order valence-corrected chi connectivity index (χ2v) is 7.61. The number of sulfonamides is 1. The summed E-state index contributed by atoms with van der Waals surface area (Å²) in [6, 6.07) is 4.14. The lowest BCUT2D eigenvalue weighted by Crippen LogP contribution is -2.32. The summed E-state index contributed by atoms with van der Waals surface area (Å²) in [6.45, 7) is 1.21. The van der Waals surface area contributed by atoms with E-state index in [-0.39, 0.29) is 16.3 Å². The number of anilines is 1. The first kappa shape index (κ1) is 18.6. The fourth-order valence-electron chi connectivity index (χ4n) is 2.95. The second-order valence-electron chi connectivity index (χ2n) is 6.05. The molecule has 1 aliphatic rings. The van der Waals surface area contributed by atoms with Crippen LogP contribution in [0.2, 0.25) is 0 Å². The molecule has 0 amide bonds. The van der Waals surface area contributed by atoms with Crippen LogP contribution in [0.1, 0.15) is 38.5 Å². The topological polar surface area (TPSA) is 127 Å². The number of nitro benzene ring substituents is 1. The predicted molar refractivity (Wildman–Crippen MR) is 92.5 cm³/mol. The van der Waals surface area contributed by atoms with Crippen molar-refractivity contribution in [3.05, 3.63) is 28.3 Å². The maximum atomic E-state index is 11.3. The van der Waals surface area contributed by atoms with Crippen molar-refractivity contribution in [2.75, 3.05) is 18.4 Å². The van der Waals surface area contributed by atoms with E-state index in [0.29, 0.717) is 19.1 Å². The Bertz CT molecular complexity index is 670. The predicted octanol–water partition coefficient (Wildman–Crippen LogP) is 1.97. The zero-order chi connectivity index (χ0) is 17.6. The van der Waals surface area contributed by atoms with Crippen LogP contribution in [0.5, 0.6) is 0 Å². The van der Waals surface area contributed by atoms with Gasteiger partial charge in [-0.1, -0.05) is 25.7 Å². The molecule has 9 heteroatoms. The SMILES string of the molecule is NS(=O)(=O)c1ccc(NCCNC2CCCCCC2)c([N+](=O)[O-])c1. The highest BCUT2D eigenvalue weighted by molar-refractivity contribution is 7.89. The Labute approximate surface area is 142 Å². The van der Waals surface area contributed by atoms with E-state index in [9.17, 15) is 18.5 Å². The molecular formula is C15H24N4O4S. The number of hydrogen-bond donors (Lipinski definition) is 3. The number of benzene rings is 1. The molecule has 0 saturated heterocycles. The fraction of sp³-hybridized carbons (Fsp3) is 0.600. The van der Waals surface area contributed by atoms with Crippen molar-refractivity contribution >= 4 is 21.4 Å². The van der Waals surface area contributed by atoms with Gasteiger partial charge in [-0.15, -0.1) is 0 Å². The third-order valence-corrected chi connectivity index (χ3v) is 5.13. The minimum Gasteiger partial charge on any atom is -0.378 e. The van der Waals surface area contributed by atoms with Crippen molar-refractivity contribution in [2.24, 2.45) is 5.14 Å². The molecule has 0 spiro atoms. The maximum Gasteiger partial charge on any atom is 0.293 e. The Morgan fingerprint density at radius 3 is 2.42 bits per heavy atom. The Balaban J connectivity index is 1.93. The standard InChI is InChI=1S/C15H24N4O4S/c16-24(22,23)13-7-8-14(15(11-13)19(20)21)18-10-9-17-12-5-3-1-2-4-6-12/h7-8,11-12,17-18H,1-6,9-10H2,(H2,16,22,23). The lowest BCUT2D eigenvalue weighted by atomic mass is 10.1. The van der Waals surface area contributed by atoms with Gasteiger partial charge in [-0.05, 0) is 25.0 Å². The minimum absolute atomic E-state index is 0.267. The van der Waals surface area contributed by atoms with Crippen LogP contribution in [-0.4, -0.2) is 32.5 Å². The minimum atomic E-state index is -3.96. The Hall–Kier alpha value is -1.71. The number of nitro groups is 1. The molecule has 1 aromatic carbocycles. The average Bonchev–Trinajstić information content (AvgIpc) is 2.79. The van der Waals surface area contributed by atoms with Crippen molar-refractivity contribution in [2.45, 2.75) is 49.5 Å². The van der Waals surface area contributed by atoms with Gasteiger partial charge in [-0.2, -0.15) is 0 Å². The molecule has 0 heterocycles. The highest BCUT2D eigenvalue weighted by Gasteiger charge is 2.19. The Morgan fingerprint density at radius 2 is 1.83 bits per heavy atom. The van der Waals surface area contributed by atoms with Gasteiger partial charge in [0.25, 0.3) is 5.69 Å². The molecule has 2 rings (SSSR count). The lowest BCUT2D eigenvalue weighted by Gasteiger charge is -2.16. The summed E-state index contributed by atoms with van der Waals surface area (Å²) in [6.07, 6.45) is 7.40. The quantitative estimate of drug-likeness (QED) is 0.297. The summed E-state index contributed by atoms with van der Waals surface area (Å²) < 4.78 is 22.6. The van der Waals surface area contributed by atoms with Crippen LogP contribution in [0.3, 0.4) is 0 Å². The number of primary sulfonamides is 1. The third-order valence-electron chi connectivity index (χ3n) is 4.22. The summed E-state index contributed by atoms with van der Waals surface area (Å²) in [4.78, 5) is 10.3. The summed E-state index contributed by atoms with van der Waals surface area (Å²) in [5, 5.41) is 22.6. The first-order valence-electron chi connectivity index (χ1n) is 8.16. The van der Waals surface area contributed by atoms with Crippen molar-refractivity contribution in [3.8, 4) is 0 Å². The smallest absolute Gasteiger partial charge is 0.293 e. The van der Waals surface area contributed by atoms with E-state index in [2.05, 4.69) is 10.6 Å². The number of nitrogens with two attached hydrogens (primary N) is 1. The largest absolute Gasteiger partial charge is 0.378 e. The zero-order valence-corrected chi connectivity index (χ0v) is 14.3. The first-order valence-corrected chi connectivity index (χ1v) is 9.71. The van der Waals surface area contributed by atoms with Crippen LogP contribution in [0.15, 0.2) is 23.1 Å². The molecule has 1 aromatic rings. The number of rotatable bonds is 7. The number of nitrogens with one attached hydrogen (secondary N) is 2. The molecule has 0 aromatic heterocycles. The summed E-state index contributed by atoms with van der Waals surface area (Å²) in [5.74, 6) is 0. The third kappa shape index (κ3) is 5.43. The van der Waals surface area contributed by atoms with E-state index in [4.69, 9.17) is 5.14 Å². The van der Waals surface area contributed by atoms with E-state index >= 15 is 0 Å². The Morgan fingerprint density at radius 1 is 1.17 bits per heavy atom. The molecule has 1 aliphatic carbocycles. The number of nitrogens with zero attached hydrogens (tertiary/aromatic N) is 1. The highest BCUT2D eigenvalue weighted by atomic mass is 32.2. The molecule has 4 N–H and O–H groups in total. The molecule has 0 unspecified atom stereocenters. The van der Waals surface area contributed by atoms with Gasteiger partial charge in [0.1, 0.15) is 5.69 Å². The van der Waals surface area contributed by atoms with Crippen molar-refractivity contribution in [1.29, 1.82) is 0 Å². The van der Waals surface area contributed by atoms with E-state index in [1.54, 1.807) is 0 Å². The van der Waals surface area contributed by atoms with Gasteiger partial charge in [-0.25, -0.2) is 13.6 Å². The van der Waals surface area contributed by atoms with Crippen LogP contribution in [-0.2, 0) is 10.0 Å². The summed E-state index contributed by atoms with van der Waals surface area (Å²) in [5.41, 5.74) is -0.00828. The zero-order valence-electron chi connectivity index (χ0n) is 13.5. The van der Waals surface area contributed by atoms with Gasteiger partial charge < -0.3 is 10.6 Å². The second kappa shape index (κ2) is 8.41. The van der Waals surface area contributed by atoms with E-state index in [1.807, 2.05) is 0 Å². The molecule has 0 atom stereocenters. The maximum absolute atomic E-state index is 11.3. The monoisotopic (exact) mass is 356 g/mol.